The number of thiophene rings is 1. The molecule has 0 bridgehead atoms. The molecule has 2 aromatic heterocycles. The smallest absolute Gasteiger partial charge is 0.452 e. The summed E-state index contributed by atoms with van der Waals surface area (Å²) in [6.07, 6.45) is -3.46. The molecule has 2 aromatic carbocycles. The van der Waals surface area contributed by atoms with Gasteiger partial charge >= 0.3 is 16.3 Å². The normalized spacial score (nSPS) is 12.0. The van der Waals surface area contributed by atoms with Crippen LogP contribution < -0.4 is 14.3 Å². The predicted octanol–water partition coefficient (Wildman–Crippen LogP) is 4.89. The molecule has 0 fully saturated rings. The summed E-state index contributed by atoms with van der Waals surface area (Å²) in [4.78, 5) is 12.4. The monoisotopic (exact) mass is 565 g/mol. The van der Waals surface area contributed by atoms with Crippen LogP contribution >= 0.6 is 11.3 Å². The molecule has 0 aliphatic rings. The zero-order valence-electron chi connectivity index (χ0n) is 19.4. The molecule has 1 N–H and O–H groups in total. The lowest BCUT2D eigenvalue weighted by atomic mass is 10.1. The quantitative estimate of drug-likeness (QED) is 0.174. The fraction of sp³-hybridized carbons (Fsp3) is 0.125. The van der Waals surface area contributed by atoms with Crippen LogP contribution in [0.2, 0.25) is 0 Å². The van der Waals surface area contributed by atoms with Gasteiger partial charge < -0.3 is 13.4 Å². The lowest BCUT2D eigenvalue weighted by Gasteiger charge is -2.08. The van der Waals surface area contributed by atoms with Crippen molar-refractivity contribution >= 4 is 33.6 Å². The zero-order valence-corrected chi connectivity index (χ0v) is 21.1. The second-order valence-corrected chi connectivity index (χ2v) is 10.4. The van der Waals surface area contributed by atoms with Crippen LogP contribution in [0.25, 0.3) is 10.6 Å². The van der Waals surface area contributed by atoms with E-state index >= 15 is 0 Å². The van der Waals surface area contributed by atoms with Crippen LogP contribution in [0.4, 0.5) is 13.2 Å². The third-order valence-corrected chi connectivity index (χ3v) is 7.67. The highest BCUT2D eigenvalue weighted by molar-refractivity contribution is 7.89. The van der Waals surface area contributed by atoms with Gasteiger partial charge in [0.15, 0.2) is 9.96 Å². The molecule has 0 aliphatic heterocycles. The van der Waals surface area contributed by atoms with Gasteiger partial charge in [-0.2, -0.15) is 26.7 Å². The fourth-order valence-electron chi connectivity index (χ4n) is 3.12. The Hall–Kier alpha value is -4.17. The number of nitrogens with zero attached hydrogens (tertiary/aromatic N) is 2. The number of carbonyl (C=O) groups excluding carboxylic acids is 1. The average Bonchev–Trinajstić information content (AvgIpc) is 3.55. The van der Waals surface area contributed by atoms with Crippen LogP contribution in [0.5, 0.6) is 11.5 Å². The Kier molecular flexibility index (Phi) is 7.83. The first-order chi connectivity index (χ1) is 18.0. The highest BCUT2D eigenvalue weighted by atomic mass is 32.3. The largest absolute Gasteiger partial charge is 0.497 e. The van der Waals surface area contributed by atoms with Crippen molar-refractivity contribution in [3.05, 3.63) is 83.6 Å². The number of hydrazone groups is 1. The van der Waals surface area contributed by atoms with Crippen LogP contribution in [-0.4, -0.2) is 32.8 Å². The molecule has 38 heavy (non-hydrogen) atoms. The maximum atomic E-state index is 12.8. The summed E-state index contributed by atoms with van der Waals surface area (Å²) in [5.41, 5.74) is 3.16. The predicted molar refractivity (Wildman–Crippen MR) is 132 cm³/mol. The third kappa shape index (κ3) is 6.58. The van der Waals surface area contributed by atoms with Gasteiger partial charge in [-0.25, -0.2) is 5.43 Å². The lowest BCUT2D eigenvalue weighted by Crippen LogP contribution is -2.19. The number of para-hydroxylation sites is 1. The van der Waals surface area contributed by atoms with Gasteiger partial charge in [0.1, 0.15) is 11.4 Å². The van der Waals surface area contributed by atoms with E-state index in [1.54, 1.807) is 30.3 Å². The van der Waals surface area contributed by atoms with Crippen LogP contribution in [-0.2, 0) is 27.5 Å². The Balaban J connectivity index is 1.44. The molecule has 0 atom stereocenters. The fourth-order valence-corrected chi connectivity index (χ4v) is 5.29. The van der Waals surface area contributed by atoms with Gasteiger partial charge in [-0.3, -0.25) is 4.79 Å². The van der Waals surface area contributed by atoms with Crippen molar-refractivity contribution in [2.24, 2.45) is 5.10 Å². The maximum Gasteiger partial charge on any atom is 0.452 e. The van der Waals surface area contributed by atoms with Crippen LogP contribution in [0, 0.1) is 0 Å². The number of hydrogen-bond acceptors (Lipinski definition) is 9. The number of ether oxygens (including phenoxy) is 1. The highest BCUT2D eigenvalue weighted by Crippen LogP contribution is 2.36. The summed E-state index contributed by atoms with van der Waals surface area (Å²) >= 11 is 0.665. The summed E-state index contributed by atoms with van der Waals surface area (Å²) < 4.78 is 78.4. The van der Waals surface area contributed by atoms with E-state index in [-0.39, 0.29) is 32.5 Å². The third-order valence-electron chi connectivity index (χ3n) is 4.88. The standard InChI is InChI=1S/C24H18F3N3O6S2/c1-34-17-7-4-5-15(11-17)12-22(31)29-28-14-16-6-2-3-8-19(16)36-38(32,33)23-10-9-20(37-23)18-13-21(35-30-18)24(25,26)27/h2-11,13-14H,12H2,1H3,(H,29,31)/b28-14+. The van der Waals surface area contributed by atoms with E-state index in [2.05, 4.69) is 20.2 Å². The minimum atomic E-state index is -4.72. The number of rotatable bonds is 9. The Morgan fingerprint density at radius 2 is 1.92 bits per heavy atom. The molecular formula is C24H18F3N3O6S2. The van der Waals surface area contributed by atoms with Crippen molar-refractivity contribution in [2.75, 3.05) is 7.11 Å². The number of methoxy groups -OCH3 is 1. The molecule has 4 aromatic rings. The Morgan fingerprint density at radius 3 is 2.66 bits per heavy atom. The number of carbonyl (C=O) groups is 1. The van der Waals surface area contributed by atoms with Gasteiger partial charge in [0.05, 0.1) is 24.6 Å². The van der Waals surface area contributed by atoms with Gasteiger partial charge in [0.25, 0.3) is 0 Å². The van der Waals surface area contributed by atoms with Gasteiger partial charge in [0.2, 0.25) is 11.7 Å². The molecule has 0 spiro atoms. The van der Waals surface area contributed by atoms with E-state index in [9.17, 15) is 26.4 Å². The number of amides is 1. The number of nitrogens with one attached hydrogen (secondary N) is 1. The van der Waals surface area contributed by atoms with Gasteiger partial charge in [-0.05, 0) is 42.0 Å². The maximum absolute atomic E-state index is 12.8. The molecule has 0 saturated heterocycles. The molecule has 0 saturated carbocycles. The summed E-state index contributed by atoms with van der Waals surface area (Å²) in [5.74, 6) is -1.18. The summed E-state index contributed by atoms with van der Waals surface area (Å²) in [6.45, 7) is 0. The van der Waals surface area contributed by atoms with Gasteiger partial charge in [-0.1, -0.05) is 29.4 Å². The van der Waals surface area contributed by atoms with Crippen molar-refractivity contribution in [1.82, 2.24) is 10.6 Å². The minimum absolute atomic E-state index is 0.0394. The number of benzene rings is 2. The number of halogens is 3. The molecule has 1 amide bonds. The second-order valence-electron chi connectivity index (χ2n) is 7.59. The average molecular weight is 566 g/mol. The molecule has 0 aliphatic carbocycles. The first-order valence-corrected chi connectivity index (χ1v) is 12.9. The van der Waals surface area contributed by atoms with E-state index in [1.165, 1.54) is 43.7 Å². The summed E-state index contributed by atoms with van der Waals surface area (Å²) in [7, 11) is -2.84. The Morgan fingerprint density at radius 1 is 1.13 bits per heavy atom. The second kappa shape index (κ2) is 11.1. The van der Waals surface area contributed by atoms with Crippen molar-refractivity contribution < 1.29 is 39.8 Å². The van der Waals surface area contributed by atoms with E-state index in [0.717, 1.165) is 0 Å². The minimum Gasteiger partial charge on any atom is -0.497 e. The summed E-state index contributed by atoms with van der Waals surface area (Å²) in [6, 6.07) is 16.2. The highest BCUT2D eigenvalue weighted by Gasteiger charge is 2.36. The van der Waals surface area contributed by atoms with E-state index in [0.29, 0.717) is 28.7 Å². The first kappa shape index (κ1) is 26.9. The first-order valence-electron chi connectivity index (χ1n) is 10.7. The summed E-state index contributed by atoms with van der Waals surface area (Å²) in [5, 5.41) is 7.22. The van der Waals surface area contributed by atoms with Crippen LogP contribution in [0.1, 0.15) is 16.9 Å². The number of alkyl halides is 3. The van der Waals surface area contributed by atoms with Crippen LogP contribution in [0.15, 0.2) is 80.6 Å². The van der Waals surface area contributed by atoms with Crippen molar-refractivity contribution in [3.63, 3.8) is 0 Å². The molecule has 198 valence electrons. The van der Waals surface area contributed by atoms with E-state index in [1.807, 2.05) is 0 Å². The zero-order chi connectivity index (χ0) is 27.3. The van der Waals surface area contributed by atoms with Crippen molar-refractivity contribution in [2.45, 2.75) is 16.8 Å². The topological polar surface area (TPSA) is 120 Å². The Labute approximate surface area is 218 Å². The molecule has 0 unspecified atom stereocenters. The van der Waals surface area contributed by atoms with Crippen LogP contribution in [0.3, 0.4) is 0 Å². The molecule has 2 heterocycles. The Bertz CT molecular complexity index is 1580. The molecular weight excluding hydrogens is 547 g/mol. The van der Waals surface area contributed by atoms with E-state index in [4.69, 9.17) is 8.92 Å². The molecule has 9 nitrogen and oxygen atoms in total. The SMILES string of the molecule is COc1cccc(CC(=O)N/N=C/c2ccccc2OS(=O)(=O)c2ccc(-c3cc(C(F)(F)F)on3)s2)c1. The number of aromatic nitrogens is 1. The molecule has 0 radical (unpaired) electrons. The van der Waals surface area contributed by atoms with Gasteiger partial charge in [0, 0.05) is 11.6 Å². The van der Waals surface area contributed by atoms with Crippen molar-refractivity contribution in [3.8, 4) is 22.1 Å². The lowest BCUT2D eigenvalue weighted by molar-refractivity contribution is -0.155. The number of hydrogen-bond donors (Lipinski definition) is 1. The van der Waals surface area contributed by atoms with Crippen molar-refractivity contribution in [1.29, 1.82) is 0 Å². The molecule has 14 heteroatoms. The van der Waals surface area contributed by atoms with E-state index < -0.39 is 28.0 Å². The molecule has 4 rings (SSSR count). The van der Waals surface area contributed by atoms with Gasteiger partial charge in [-0.15, -0.1) is 11.3 Å².